The van der Waals surface area contributed by atoms with E-state index in [1.165, 1.54) is 0 Å². The number of aliphatic hydroxyl groups excluding tert-OH is 1. The lowest BCUT2D eigenvalue weighted by Gasteiger charge is -2.24. The van der Waals surface area contributed by atoms with E-state index in [9.17, 15) is 19.5 Å². The number of hydrogen-bond acceptors (Lipinski definition) is 6. The number of benzene rings is 1. The van der Waals surface area contributed by atoms with E-state index in [0.717, 1.165) is 5.01 Å². The molecule has 0 saturated carbocycles. The summed E-state index contributed by atoms with van der Waals surface area (Å²) in [5.74, 6) is -0.275. The molecule has 0 radical (unpaired) electrons. The zero-order chi connectivity index (χ0) is 17.9. The highest BCUT2D eigenvalue weighted by atomic mass is 16.6. The van der Waals surface area contributed by atoms with Crippen molar-refractivity contribution in [2.75, 3.05) is 19.8 Å². The van der Waals surface area contributed by atoms with Gasteiger partial charge >= 0.3 is 12.2 Å². The Morgan fingerprint density at radius 1 is 1.12 bits per heavy atom. The third kappa shape index (κ3) is 6.66. The number of nitrogens with one attached hydrogen (secondary N) is 1. The highest BCUT2D eigenvalue weighted by Crippen LogP contribution is 2.07. The first-order valence-corrected chi connectivity index (χ1v) is 7.61. The lowest BCUT2D eigenvalue weighted by atomic mass is 10.1. The van der Waals surface area contributed by atoms with Gasteiger partial charge < -0.3 is 14.6 Å². The van der Waals surface area contributed by atoms with E-state index < -0.39 is 18.3 Å². The van der Waals surface area contributed by atoms with Crippen molar-refractivity contribution < 1.29 is 29.0 Å². The highest BCUT2D eigenvalue weighted by Gasteiger charge is 2.23. The molecule has 8 nitrogen and oxygen atoms in total. The molecule has 2 N–H and O–H groups in total. The molecule has 1 aromatic rings. The van der Waals surface area contributed by atoms with Crippen LogP contribution in [0.1, 0.15) is 30.6 Å². The number of aliphatic hydroxyl groups is 1. The molecule has 0 aliphatic rings. The van der Waals surface area contributed by atoms with Crippen LogP contribution in [0.5, 0.6) is 0 Å². The van der Waals surface area contributed by atoms with Crippen molar-refractivity contribution in [2.24, 2.45) is 0 Å². The van der Waals surface area contributed by atoms with Crippen LogP contribution in [0.25, 0.3) is 0 Å². The van der Waals surface area contributed by atoms with Gasteiger partial charge in [-0.15, -0.1) is 0 Å². The van der Waals surface area contributed by atoms with Crippen LogP contribution in [0.4, 0.5) is 9.59 Å². The molecule has 1 atom stereocenters. The first-order chi connectivity index (χ1) is 11.5. The van der Waals surface area contributed by atoms with E-state index in [1.54, 1.807) is 44.2 Å². The minimum atomic E-state index is -1.18. The van der Waals surface area contributed by atoms with Gasteiger partial charge in [0.1, 0.15) is 0 Å². The largest absolute Gasteiger partial charge is 0.449 e. The summed E-state index contributed by atoms with van der Waals surface area (Å²) in [6.07, 6.45) is -3.09. The number of hydrogen-bond donors (Lipinski definition) is 2. The van der Waals surface area contributed by atoms with Crippen LogP contribution >= 0.6 is 0 Å². The Bertz CT molecular complexity index is 549. The Morgan fingerprint density at radius 3 is 2.33 bits per heavy atom. The topological polar surface area (TPSA) is 105 Å². The number of hydrazine groups is 1. The molecule has 132 valence electrons. The second kappa shape index (κ2) is 10.2. The number of carbonyl (C=O) groups is 3. The fourth-order valence-electron chi connectivity index (χ4n) is 1.87. The van der Waals surface area contributed by atoms with Crippen LogP contribution in [-0.2, 0) is 9.47 Å². The zero-order valence-electron chi connectivity index (χ0n) is 13.7. The first kappa shape index (κ1) is 19.4. The number of carbonyl (C=O) groups excluding carboxylic acids is 3. The molecule has 1 aromatic carbocycles. The van der Waals surface area contributed by atoms with Gasteiger partial charge in [0, 0.05) is 12.0 Å². The number of rotatable bonds is 7. The fraction of sp³-hybridized carbons (Fsp3) is 0.438. The number of amides is 2. The first-order valence-electron chi connectivity index (χ1n) is 7.61. The predicted molar refractivity (Wildman–Crippen MR) is 85.3 cm³/mol. The Balaban J connectivity index is 2.65. The SMILES string of the molecule is CCOC(=O)NN(CC(O)CC(=O)c1ccccc1)C(=O)OCC. The van der Waals surface area contributed by atoms with Gasteiger partial charge in [-0.25, -0.2) is 20.0 Å². The fourth-order valence-corrected chi connectivity index (χ4v) is 1.87. The second-order valence-electron chi connectivity index (χ2n) is 4.79. The molecule has 0 heterocycles. The Hall–Kier alpha value is -2.61. The summed E-state index contributed by atoms with van der Waals surface area (Å²) in [7, 11) is 0. The van der Waals surface area contributed by atoms with Crippen LogP contribution in [0.2, 0.25) is 0 Å². The average Bonchev–Trinajstić information content (AvgIpc) is 2.55. The molecule has 0 aromatic heterocycles. The standard InChI is InChI=1S/C16H22N2O6/c1-3-23-15(21)17-18(16(22)24-4-2)11-13(19)10-14(20)12-8-6-5-7-9-12/h5-9,13,19H,3-4,10-11H2,1-2H3,(H,17,21). The van der Waals surface area contributed by atoms with Crippen LogP contribution in [0.15, 0.2) is 30.3 Å². The van der Waals surface area contributed by atoms with Crippen LogP contribution < -0.4 is 5.43 Å². The maximum Gasteiger partial charge on any atom is 0.428 e. The Labute approximate surface area is 140 Å². The zero-order valence-corrected chi connectivity index (χ0v) is 13.7. The summed E-state index contributed by atoms with van der Waals surface area (Å²) >= 11 is 0. The summed E-state index contributed by atoms with van der Waals surface area (Å²) in [6.45, 7) is 3.13. The maximum absolute atomic E-state index is 12.1. The Kier molecular flexibility index (Phi) is 8.28. The molecule has 0 spiro atoms. The summed E-state index contributed by atoms with van der Waals surface area (Å²) < 4.78 is 9.48. The Morgan fingerprint density at radius 2 is 1.75 bits per heavy atom. The molecule has 1 rings (SSSR count). The third-order valence-electron chi connectivity index (χ3n) is 2.90. The van der Waals surface area contributed by atoms with Gasteiger partial charge in [-0.3, -0.25) is 4.79 Å². The van der Waals surface area contributed by atoms with Gasteiger partial charge in [-0.2, -0.15) is 0 Å². The summed E-state index contributed by atoms with van der Waals surface area (Å²) in [5.41, 5.74) is 2.63. The van der Waals surface area contributed by atoms with Gasteiger partial charge in [-0.05, 0) is 13.8 Å². The van der Waals surface area contributed by atoms with Crippen LogP contribution in [0, 0.1) is 0 Å². The molecule has 0 aliphatic carbocycles. The normalized spacial score (nSPS) is 11.3. The molecule has 2 amide bonds. The van der Waals surface area contributed by atoms with Crippen molar-refractivity contribution in [1.29, 1.82) is 0 Å². The predicted octanol–water partition coefficient (Wildman–Crippen LogP) is 1.74. The van der Waals surface area contributed by atoms with E-state index in [-0.39, 0.29) is 32.0 Å². The average molecular weight is 338 g/mol. The summed E-state index contributed by atoms with van der Waals surface area (Å²) in [6, 6.07) is 8.47. The number of nitrogens with zero attached hydrogens (tertiary/aromatic N) is 1. The number of ether oxygens (including phenoxy) is 2. The van der Waals surface area contributed by atoms with Gasteiger partial charge in [0.25, 0.3) is 0 Å². The van der Waals surface area contributed by atoms with Crippen molar-refractivity contribution >= 4 is 18.0 Å². The number of ketones is 1. The molecule has 0 aliphatic heterocycles. The van der Waals surface area contributed by atoms with Gasteiger partial charge in [0.05, 0.1) is 25.9 Å². The van der Waals surface area contributed by atoms with Crippen molar-refractivity contribution in [3.63, 3.8) is 0 Å². The van der Waals surface area contributed by atoms with Crippen molar-refractivity contribution in [2.45, 2.75) is 26.4 Å². The minimum Gasteiger partial charge on any atom is -0.449 e. The minimum absolute atomic E-state index is 0.0961. The number of Topliss-reactive ketones (excluding diaryl/α,β-unsaturated/α-hetero) is 1. The summed E-state index contributed by atoms with van der Waals surface area (Å²) in [4.78, 5) is 35.3. The summed E-state index contributed by atoms with van der Waals surface area (Å²) in [5, 5.41) is 10.8. The van der Waals surface area contributed by atoms with E-state index in [4.69, 9.17) is 4.74 Å². The van der Waals surface area contributed by atoms with Crippen LogP contribution in [-0.4, -0.2) is 53.9 Å². The molecule has 0 fully saturated rings. The molecular formula is C16H22N2O6. The van der Waals surface area contributed by atoms with E-state index in [1.807, 2.05) is 0 Å². The molecule has 1 unspecified atom stereocenters. The highest BCUT2D eigenvalue weighted by molar-refractivity contribution is 5.96. The van der Waals surface area contributed by atoms with E-state index in [2.05, 4.69) is 10.2 Å². The second-order valence-corrected chi connectivity index (χ2v) is 4.79. The van der Waals surface area contributed by atoms with Crippen molar-refractivity contribution in [3.05, 3.63) is 35.9 Å². The van der Waals surface area contributed by atoms with Gasteiger partial charge in [-0.1, -0.05) is 30.3 Å². The molecule has 24 heavy (non-hydrogen) atoms. The van der Waals surface area contributed by atoms with E-state index in [0.29, 0.717) is 5.56 Å². The lowest BCUT2D eigenvalue weighted by molar-refractivity contribution is 0.0441. The molecular weight excluding hydrogens is 316 g/mol. The van der Waals surface area contributed by atoms with Crippen LogP contribution in [0.3, 0.4) is 0 Å². The molecule has 8 heteroatoms. The van der Waals surface area contributed by atoms with Gasteiger partial charge in [0.2, 0.25) is 0 Å². The van der Waals surface area contributed by atoms with Crippen molar-refractivity contribution in [3.8, 4) is 0 Å². The van der Waals surface area contributed by atoms with Crippen molar-refractivity contribution in [1.82, 2.24) is 10.4 Å². The van der Waals surface area contributed by atoms with E-state index >= 15 is 0 Å². The lowest BCUT2D eigenvalue weighted by Crippen LogP contribution is -2.50. The molecule has 0 saturated heterocycles. The maximum atomic E-state index is 12.1. The van der Waals surface area contributed by atoms with Gasteiger partial charge in [0.15, 0.2) is 5.78 Å². The molecule has 0 bridgehead atoms. The quantitative estimate of drug-likeness (QED) is 0.579. The smallest absolute Gasteiger partial charge is 0.428 e. The monoisotopic (exact) mass is 338 g/mol. The third-order valence-corrected chi connectivity index (χ3v) is 2.90.